The maximum absolute atomic E-state index is 13.2. The third-order valence-corrected chi connectivity index (χ3v) is 2.05. The first-order chi connectivity index (χ1) is 7.19. The molecule has 0 saturated heterocycles. The van der Waals surface area contributed by atoms with Gasteiger partial charge in [0.1, 0.15) is 5.82 Å². The number of benzene rings is 1. The van der Waals surface area contributed by atoms with E-state index in [1.54, 1.807) is 13.0 Å². The Kier molecular flexibility index (Phi) is 4.37. The molecular formula is C11H16FNO2. The molecule has 0 aliphatic carbocycles. The van der Waals surface area contributed by atoms with Crippen LogP contribution in [0.4, 0.5) is 4.39 Å². The van der Waals surface area contributed by atoms with Crippen LogP contribution in [0.1, 0.15) is 12.0 Å². The van der Waals surface area contributed by atoms with Crippen molar-refractivity contribution in [2.24, 2.45) is 5.73 Å². The van der Waals surface area contributed by atoms with Crippen molar-refractivity contribution in [3.8, 4) is 11.5 Å². The van der Waals surface area contributed by atoms with Crippen molar-refractivity contribution in [1.82, 2.24) is 0 Å². The number of hydrogen-bond acceptors (Lipinski definition) is 3. The SMILES string of the molecule is COc1cc(C)c(F)cc1OCCCN. The highest BCUT2D eigenvalue weighted by Gasteiger charge is 2.08. The van der Waals surface area contributed by atoms with E-state index in [-0.39, 0.29) is 5.82 Å². The Balaban J connectivity index is 2.80. The lowest BCUT2D eigenvalue weighted by Crippen LogP contribution is -2.07. The molecule has 1 aromatic rings. The summed E-state index contributed by atoms with van der Waals surface area (Å²) < 4.78 is 23.7. The zero-order valence-corrected chi connectivity index (χ0v) is 9.05. The maximum Gasteiger partial charge on any atom is 0.164 e. The van der Waals surface area contributed by atoms with Gasteiger partial charge in [-0.25, -0.2) is 4.39 Å². The smallest absolute Gasteiger partial charge is 0.164 e. The predicted octanol–water partition coefficient (Wildman–Crippen LogP) is 1.87. The number of ether oxygens (including phenoxy) is 2. The van der Waals surface area contributed by atoms with Crippen molar-refractivity contribution in [2.75, 3.05) is 20.3 Å². The molecule has 0 amide bonds. The molecule has 0 unspecified atom stereocenters. The summed E-state index contributed by atoms with van der Waals surface area (Å²) in [4.78, 5) is 0. The van der Waals surface area contributed by atoms with Crippen molar-refractivity contribution in [3.63, 3.8) is 0 Å². The molecule has 0 aliphatic rings. The van der Waals surface area contributed by atoms with E-state index in [0.717, 1.165) is 6.42 Å². The summed E-state index contributed by atoms with van der Waals surface area (Å²) in [7, 11) is 1.53. The van der Waals surface area contributed by atoms with Crippen molar-refractivity contribution < 1.29 is 13.9 Å². The van der Waals surface area contributed by atoms with Crippen molar-refractivity contribution >= 4 is 0 Å². The minimum atomic E-state index is -0.293. The van der Waals surface area contributed by atoms with Gasteiger partial charge in [-0.1, -0.05) is 0 Å². The van der Waals surface area contributed by atoms with Gasteiger partial charge < -0.3 is 15.2 Å². The molecule has 1 rings (SSSR count). The van der Waals surface area contributed by atoms with Crippen LogP contribution in [0.2, 0.25) is 0 Å². The van der Waals surface area contributed by atoms with Crippen LogP contribution in [0.25, 0.3) is 0 Å². The molecule has 2 N–H and O–H groups in total. The van der Waals surface area contributed by atoms with Gasteiger partial charge in [0, 0.05) is 6.07 Å². The second-order valence-electron chi connectivity index (χ2n) is 3.24. The summed E-state index contributed by atoms with van der Waals surface area (Å²) in [6.07, 6.45) is 0.735. The molecule has 3 nitrogen and oxygen atoms in total. The average Bonchev–Trinajstić information content (AvgIpc) is 2.23. The highest BCUT2D eigenvalue weighted by atomic mass is 19.1. The van der Waals surface area contributed by atoms with Crippen molar-refractivity contribution in [3.05, 3.63) is 23.5 Å². The molecule has 0 fully saturated rings. The summed E-state index contributed by atoms with van der Waals surface area (Å²) in [5.74, 6) is 0.679. The fourth-order valence-electron chi connectivity index (χ4n) is 1.17. The molecule has 84 valence electrons. The Morgan fingerprint density at radius 3 is 2.67 bits per heavy atom. The summed E-state index contributed by atoms with van der Waals surface area (Å²) in [5, 5.41) is 0. The standard InChI is InChI=1S/C11H16FNO2/c1-8-6-10(14-2)11(7-9(8)12)15-5-3-4-13/h6-7H,3-5,13H2,1-2H3. The number of aryl methyl sites for hydroxylation is 1. The van der Waals surface area contributed by atoms with Crippen LogP contribution >= 0.6 is 0 Å². The van der Waals surface area contributed by atoms with E-state index in [0.29, 0.717) is 30.2 Å². The number of nitrogens with two attached hydrogens (primary N) is 1. The first kappa shape index (κ1) is 11.8. The molecule has 0 radical (unpaired) electrons. The van der Waals surface area contributed by atoms with Crippen LogP contribution in [-0.2, 0) is 0 Å². The second kappa shape index (κ2) is 5.56. The van der Waals surface area contributed by atoms with Gasteiger partial charge >= 0.3 is 0 Å². The largest absolute Gasteiger partial charge is 0.493 e. The molecule has 0 aromatic heterocycles. The third-order valence-electron chi connectivity index (χ3n) is 2.05. The maximum atomic E-state index is 13.2. The molecule has 0 spiro atoms. The molecule has 0 heterocycles. The van der Waals surface area contributed by atoms with Gasteiger partial charge in [0.05, 0.1) is 13.7 Å². The van der Waals surface area contributed by atoms with Crippen molar-refractivity contribution in [1.29, 1.82) is 0 Å². The van der Waals surface area contributed by atoms with E-state index >= 15 is 0 Å². The van der Waals surface area contributed by atoms with Crippen LogP contribution in [0.15, 0.2) is 12.1 Å². The number of hydrogen-bond donors (Lipinski definition) is 1. The Morgan fingerprint density at radius 2 is 2.07 bits per heavy atom. The van der Waals surface area contributed by atoms with E-state index in [1.165, 1.54) is 13.2 Å². The highest BCUT2D eigenvalue weighted by Crippen LogP contribution is 2.29. The van der Waals surface area contributed by atoms with Gasteiger partial charge in [0.15, 0.2) is 11.5 Å². The third kappa shape index (κ3) is 3.09. The van der Waals surface area contributed by atoms with E-state index in [1.807, 2.05) is 0 Å². The van der Waals surface area contributed by atoms with E-state index in [9.17, 15) is 4.39 Å². The first-order valence-electron chi connectivity index (χ1n) is 4.86. The molecular weight excluding hydrogens is 197 g/mol. The Bertz CT molecular complexity index is 329. The van der Waals surface area contributed by atoms with Crippen LogP contribution < -0.4 is 15.2 Å². The van der Waals surface area contributed by atoms with Gasteiger partial charge in [0.2, 0.25) is 0 Å². The summed E-state index contributed by atoms with van der Waals surface area (Å²) in [5.41, 5.74) is 5.87. The minimum absolute atomic E-state index is 0.293. The zero-order chi connectivity index (χ0) is 11.3. The molecule has 15 heavy (non-hydrogen) atoms. The van der Waals surface area contributed by atoms with Crippen LogP contribution in [-0.4, -0.2) is 20.3 Å². The Labute approximate surface area is 89.0 Å². The molecule has 1 aromatic carbocycles. The minimum Gasteiger partial charge on any atom is -0.493 e. The molecule has 0 bridgehead atoms. The zero-order valence-electron chi connectivity index (χ0n) is 9.05. The van der Waals surface area contributed by atoms with Gasteiger partial charge in [-0.2, -0.15) is 0 Å². The van der Waals surface area contributed by atoms with Gasteiger partial charge in [-0.15, -0.1) is 0 Å². The average molecular weight is 213 g/mol. The lowest BCUT2D eigenvalue weighted by Gasteiger charge is -2.11. The van der Waals surface area contributed by atoms with E-state index in [4.69, 9.17) is 15.2 Å². The quantitative estimate of drug-likeness (QED) is 0.759. The number of halogens is 1. The number of rotatable bonds is 5. The van der Waals surface area contributed by atoms with Gasteiger partial charge in [-0.05, 0) is 31.5 Å². The molecule has 0 saturated carbocycles. The van der Waals surface area contributed by atoms with Crippen LogP contribution in [0.5, 0.6) is 11.5 Å². The second-order valence-corrected chi connectivity index (χ2v) is 3.24. The van der Waals surface area contributed by atoms with Gasteiger partial charge in [-0.3, -0.25) is 0 Å². The first-order valence-corrected chi connectivity index (χ1v) is 4.86. The highest BCUT2D eigenvalue weighted by molar-refractivity contribution is 5.43. The number of methoxy groups -OCH3 is 1. The molecule has 4 heteroatoms. The lowest BCUT2D eigenvalue weighted by atomic mass is 10.2. The Morgan fingerprint density at radius 1 is 1.33 bits per heavy atom. The summed E-state index contributed by atoms with van der Waals surface area (Å²) >= 11 is 0. The monoisotopic (exact) mass is 213 g/mol. The fourth-order valence-corrected chi connectivity index (χ4v) is 1.17. The van der Waals surface area contributed by atoms with Crippen LogP contribution in [0, 0.1) is 12.7 Å². The van der Waals surface area contributed by atoms with Gasteiger partial charge in [0.25, 0.3) is 0 Å². The van der Waals surface area contributed by atoms with E-state index in [2.05, 4.69) is 0 Å². The topological polar surface area (TPSA) is 44.5 Å². The fraction of sp³-hybridized carbons (Fsp3) is 0.455. The normalized spacial score (nSPS) is 10.1. The molecule has 0 atom stereocenters. The Hall–Kier alpha value is -1.29. The predicted molar refractivity (Wildman–Crippen MR) is 56.9 cm³/mol. The van der Waals surface area contributed by atoms with Crippen LogP contribution in [0.3, 0.4) is 0 Å². The van der Waals surface area contributed by atoms with Crippen molar-refractivity contribution in [2.45, 2.75) is 13.3 Å². The summed E-state index contributed by atoms with van der Waals surface area (Å²) in [6, 6.07) is 2.96. The lowest BCUT2D eigenvalue weighted by molar-refractivity contribution is 0.289. The van der Waals surface area contributed by atoms with E-state index < -0.39 is 0 Å². The summed E-state index contributed by atoms with van der Waals surface area (Å²) in [6.45, 7) is 2.70. The molecule has 0 aliphatic heterocycles.